The van der Waals surface area contributed by atoms with E-state index in [0.29, 0.717) is 5.56 Å². The van der Waals surface area contributed by atoms with Crippen molar-refractivity contribution in [3.63, 3.8) is 0 Å². The summed E-state index contributed by atoms with van der Waals surface area (Å²) in [6, 6.07) is 15.3. The summed E-state index contributed by atoms with van der Waals surface area (Å²) in [6.45, 7) is 4.81. The third-order valence-corrected chi connectivity index (χ3v) is 3.12. The fourth-order valence-electron chi connectivity index (χ4n) is 1.88. The minimum absolute atomic E-state index is 0.0151. The molecule has 0 aromatic heterocycles. The van der Waals surface area contributed by atoms with Crippen molar-refractivity contribution in [3.8, 4) is 5.75 Å². The predicted octanol–water partition coefficient (Wildman–Crippen LogP) is 4.68. The average molecular weight is 280 g/mol. The Bertz CT molecular complexity index is 607. The molecule has 2 nitrogen and oxygen atoms in total. The minimum atomic E-state index is 0.0151. The number of ether oxygens (including phenoxy) is 1. The van der Waals surface area contributed by atoms with Crippen LogP contribution in [0.3, 0.4) is 0 Å². The summed E-state index contributed by atoms with van der Waals surface area (Å²) in [4.78, 5) is 12.0. The summed E-state index contributed by atoms with van der Waals surface area (Å²) in [6.07, 6.45) is 4.42. The maximum absolute atomic E-state index is 12.0. The SMILES string of the molecule is CCCOc1ccc(C=CC(=O)c2ccc(C)cc2)cc1. The van der Waals surface area contributed by atoms with Gasteiger partial charge in [0.05, 0.1) is 6.61 Å². The Balaban J connectivity index is 2.00. The van der Waals surface area contributed by atoms with Crippen LogP contribution >= 0.6 is 0 Å². The highest BCUT2D eigenvalue weighted by atomic mass is 16.5. The maximum atomic E-state index is 12.0. The number of ketones is 1. The van der Waals surface area contributed by atoms with Gasteiger partial charge in [-0.25, -0.2) is 0 Å². The lowest BCUT2D eigenvalue weighted by molar-refractivity contribution is 0.104. The van der Waals surface area contributed by atoms with E-state index in [1.165, 1.54) is 0 Å². The molecule has 21 heavy (non-hydrogen) atoms. The van der Waals surface area contributed by atoms with Crippen molar-refractivity contribution in [2.24, 2.45) is 0 Å². The summed E-state index contributed by atoms with van der Waals surface area (Å²) < 4.78 is 5.53. The molecule has 108 valence electrons. The second-order valence-corrected chi connectivity index (χ2v) is 4.98. The van der Waals surface area contributed by atoms with Crippen LogP contribution in [0.25, 0.3) is 6.08 Å². The number of carbonyl (C=O) groups is 1. The lowest BCUT2D eigenvalue weighted by Crippen LogP contribution is -1.95. The van der Waals surface area contributed by atoms with Crippen LogP contribution in [0.15, 0.2) is 54.6 Å². The van der Waals surface area contributed by atoms with Gasteiger partial charge in [-0.3, -0.25) is 4.79 Å². The molecule has 2 aromatic rings. The van der Waals surface area contributed by atoms with Gasteiger partial charge in [0.1, 0.15) is 5.75 Å². The van der Waals surface area contributed by atoms with Crippen molar-refractivity contribution < 1.29 is 9.53 Å². The Labute approximate surface area is 126 Å². The van der Waals surface area contributed by atoms with Crippen molar-refractivity contribution in [3.05, 3.63) is 71.3 Å². The summed E-state index contributed by atoms with van der Waals surface area (Å²) in [7, 11) is 0. The summed E-state index contributed by atoms with van der Waals surface area (Å²) >= 11 is 0. The first-order valence-electron chi connectivity index (χ1n) is 7.21. The fourth-order valence-corrected chi connectivity index (χ4v) is 1.88. The van der Waals surface area contributed by atoms with Gasteiger partial charge in [0.15, 0.2) is 5.78 Å². The Kier molecular flexibility index (Phi) is 5.33. The molecule has 0 amide bonds. The van der Waals surface area contributed by atoms with Gasteiger partial charge >= 0.3 is 0 Å². The number of benzene rings is 2. The summed E-state index contributed by atoms with van der Waals surface area (Å²) in [5.41, 5.74) is 2.84. The molecule has 0 saturated carbocycles. The molecule has 0 unspecified atom stereocenters. The quantitative estimate of drug-likeness (QED) is 0.567. The van der Waals surface area contributed by atoms with E-state index < -0.39 is 0 Å². The Hall–Kier alpha value is -2.35. The van der Waals surface area contributed by atoms with Gasteiger partial charge in [-0.1, -0.05) is 55.0 Å². The van der Waals surface area contributed by atoms with Crippen molar-refractivity contribution in [2.75, 3.05) is 6.61 Å². The molecule has 0 spiro atoms. The molecule has 0 aliphatic carbocycles. The lowest BCUT2D eigenvalue weighted by atomic mass is 10.1. The van der Waals surface area contributed by atoms with Crippen LogP contribution in [0.4, 0.5) is 0 Å². The number of aryl methyl sites for hydroxylation is 1. The monoisotopic (exact) mass is 280 g/mol. The fraction of sp³-hybridized carbons (Fsp3) is 0.211. The van der Waals surface area contributed by atoms with E-state index in [4.69, 9.17) is 4.74 Å². The van der Waals surface area contributed by atoms with Gasteiger partial charge < -0.3 is 4.74 Å². The summed E-state index contributed by atoms with van der Waals surface area (Å²) in [5.74, 6) is 0.875. The van der Waals surface area contributed by atoms with E-state index in [1.807, 2.05) is 61.5 Å². The van der Waals surface area contributed by atoms with E-state index in [1.54, 1.807) is 6.08 Å². The number of carbonyl (C=O) groups excluding carboxylic acids is 1. The van der Waals surface area contributed by atoms with Crippen LogP contribution in [0, 0.1) is 6.92 Å². The first-order valence-corrected chi connectivity index (χ1v) is 7.21. The van der Waals surface area contributed by atoms with Gasteiger partial charge in [0, 0.05) is 5.56 Å². The Morgan fingerprint density at radius 1 is 1.05 bits per heavy atom. The van der Waals surface area contributed by atoms with E-state index in [-0.39, 0.29) is 5.78 Å². The van der Waals surface area contributed by atoms with Crippen LogP contribution in [-0.2, 0) is 0 Å². The number of hydrogen-bond donors (Lipinski definition) is 0. The van der Waals surface area contributed by atoms with Crippen LogP contribution < -0.4 is 4.74 Å². The van der Waals surface area contributed by atoms with E-state index >= 15 is 0 Å². The molecule has 0 bridgehead atoms. The Morgan fingerprint density at radius 3 is 2.33 bits per heavy atom. The third-order valence-electron chi connectivity index (χ3n) is 3.12. The van der Waals surface area contributed by atoms with E-state index in [0.717, 1.165) is 29.9 Å². The highest BCUT2D eigenvalue weighted by Gasteiger charge is 2.00. The van der Waals surface area contributed by atoms with Crippen LogP contribution in [0.5, 0.6) is 5.75 Å². The molecule has 2 heteroatoms. The highest BCUT2D eigenvalue weighted by Crippen LogP contribution is 2.14. The molecular weight excluding hydrogens is 260 g/mol. The van der Waals surface area contributed by atoms with Crippen molar-refractivity contribution in [1.82, 2.24) is 0 Å². The third kappa shape index (κ3) is 4.60. The van der Waals surface area contributed by atoms with Crippen LogP contribution in [0.2, 0.25) is 0 Å². The molecule has 0 heterocycles. The minimum Gasteiger partial charge on any atom is -0.494 e. The zero-order valence-electron chi connectivity index (χ0n) is 12.5. The van der Waals surface area contributed by atoms with Crippen molar-refractivity contribution >= 4 is 11.9 Å². The zero-order valence-corrected chi connectivity index (χ0v) is 12.5. The molecule has 0 radical (unpaired) electrons. The Morgan fingerprint density at radius 2 is 1.71 bits per heavy atom. The number of hydrogen-bond acceptors (Lipinski definition) is 2. The first-order chi connectivity index (χ1) is 10.2. The van der Waals surface area contributed by atoms with E-state index in [9.17, 15) is 4.79 Å². The molecule has 0 fully saturated rings. The topological polar surface area (TPSA) is 26.3 Å². The molecular formula is C19H20O2. The number of allylic oxidation sites excluding steroid dienone is 1. The molecule has 2 aromatic carbocycles. The molecule has 0 saturated heterocycles. The second kappa shape index (κ2) is 7.44. The van der Waals surface area contributed by atoms with Crippen molar-refractivity contribution in [1.29, 1.82) is 0 Å². The van der Waals surface area contributed by atoms with E-state index in [2.05, 4.69) is 6.92 Å². The van der Waals surface area contributed by atoms with Gasteiger partial charge in [0.2, 0.25) is 0 Å². The van der Waals surface area contributed by atoms with Gasteiger partial charge in [-0.15, -0.1) is 0 Å². The molecule has 0 aliphatic rings. The highest BCUT2D eigenvalue weighted by molar-refractivity contribution is 6.06. The average Bonchev–Trinajstić information content (AvgIpc) is 2.52. The van der Waals surface area contributed by atoms with Crippen LogP contribution in [-0.4, -0.2) is 12.4 Å². The van der Waals surface area contributed by atoms with Gasteiger partial charge in [-0.2, -0.15) is 0 Å². The smallest absolute Gasteiger partial charge is 0.185 e. The molecule has 0 N–H and O–H groups in total. The second-order valence-electron chi connectivity index (χ2n) is 4.98. The standard InChI is InChI=1S/C19H20O2/c1-3-14-21-18-11-6-16(7-12-18)8-13-19(20)17-9-4-15(2)5-10-17/h4-13H,3,14H2,1-2H3. The summed E-state index contributed by atoms with van der Waals surface area (Å²) in [5, 5.41) is 0. The number of rotatable bonds is 6. The normalized spacial score (nSPS) is 10.8. The predicted molar refractivity (Wildman–Crippen MR) is 86.8 cm³/mol. The molecule has 0 aliphatic heterocycles. The van der Waals surface area contributed by atoms with Crippen molar-refractivity contribution in [2.45, 2.75) is 20.3 Å². The van der Waals surface area contributed by atoms with Gasteiger partial charge in [0.25, 0.3) is 0 Å². The largest absolute Gasteiger partial charge is 0.494 e. The molecule has 2 rings (SSSR count). The molecule has 0 atom stereocenters. The first kappa shape index (κ1) is 15.0. The lowest BCUT2D eigenvalue weighted by Gasteiger charge is -2.04. The van der Waals surface area contributed by atoms with Gasteiger partial charge in [-0.05, 0) is 37.1 Å². The zero-order chi connectivity index (χ0) is 15.1. The van der Waals surface area contributed by atoms with Crippen LogP contribution in [0.1, 0.15) is 34.8 Å². The maximum Gasteiger partial charge on any atom is 0.185 e.